The number of carboxylic acid groups (broad SMARTS) is 1. The van der Waals surface area contributed by atoms with Crippen LogP contribution in [0.25, 0.3) is 0 Å². The van der Waals surface area contributed by atoms with Gasteiger partial charge in [-0.05, 0) is 33.1 Å². The van der Waals surface area contributed by atoms with Crippen molar-refractivity contribution >= 4 is 17.6 Å². The van der Waals surface area contributed by atoms with Gasteiger partial charge in [0, 0.05) is 6.20 Å². The summed E-state index contributed by atoms with van der Waals surface area (Å²) in [6.07, 6.45) is 4.27. The lowest BCUT2D eigenvalue weighted by Crippen LogP contribution is -2.35. The molecule has 7 nitrogen and oxygen atoms in total. The molecule has 1 rings (SSSR count). The van der Waals surface area contributed by atoms with E-state index in [0.29, 0.717) is 18.2 Å². The van der Waals surface area contributed by atoms with Gasteiger partial charge in [-0.1, -0.05) is 13.8 Å². The highest BCUT2D eigenvalue weighted by atomic mass is 16.5. The van der Waals surface area contributed by atoms with Gasteiger partial charge in [0.1, 0.15) is 0 Å². The van der Waals surface area contributed by atoms with Crippen LogP contribution >= 0.6 is 0 Å². The highest BCUT2D eigenvalue weighted by Gasteiger charge is 2.30. The highest BCUT2D eigenvalue weighted by molar-refractivity contribution is 5.90. The molecule has 0 bridgehead atoms. The predicted molar refractivity (Wildman–Crippen MR) is 87.3 cm³/mol. The SMILES string of the molecule is CC(C)CC(C)OCCC(=O)Nc1cnn(C(C)(C)C(=O)O)c1. The zero-order valence-electron chi connectivity index (χ0n) is 14.5. The average molecular weight is 325 g/mol. The average Bonchev–Trinajstić information content (AvgIpc) is 2.86. The molecular formula is C16H27N3O4. The van der Waals surface area contributed by atoms with Crippen molar-refractivity contribution in [3.05, 3.63) is 12.4 Å². The summed E-state index contributed by atoms with van der Waals surface area (Å²) < 4.78 is 6.90. The zero-order chi connectivity index (χ0) is 17.6. The molecule has 1 heterocycles. The Bertz CT molecular complexity index is 537. The fourth-order valence-electron chi connectivity index (χ4n) is 2.10. The number of nitrogens with zero attached hydrogens (tertiary/aromatic N) is 2. The number of nitrogens with one attached hydrogen (secondary N) is 1. The van der Waals surface area contributed by atoms with E-state index in [1.807, 2.05) is 6.92 Å². The van der Waals surface area contributed by atoms with E-state index in [4.69, 9.17) is 9.84 Å². The maximum Gasteiger partial charge on any atom is 0.331 e. The molecule has 0 saturated heterocycles. The summed E-state index contributed by atoms with van der Waals surface area (Å²) in [6.45, 7) is 9.69. The van der Waals surface area contributed by atoms with Crippen molar-refractivity contribution in [2.24, 2.45) is 5.92 Å². The minimum absolute atomic E-state index is 0.127. The molecule has 0 aromatic carbocycles. The minimum Gasteiger partial charge on any atom is -0.479 e. The molecule has 1 aromatic rings. The quantitative estimate of drug-likeness (QED) is 0.727. The van der Waals surface area contributed by atoms with Gasteiger partial charge in [0.2, 0.25) is 5.91 Å². The predicted octanol–water partition coefficient (Wildman–Crippen LogP) is 2.48. The Labute approximate surface area is 137 Å². The van der Waals surface area contributed by atoms with Crippen LogP contribution in [0.2, 0.25) is 0 Å². The number of hydrogen-bond donors (Lipinski definition) is 2. The van der Waals surface area contributed by atoms with E-state index in [9.17, 15) is 9.59 Å². The van der Waals surface area contributed by atoms with Crippen molar-refractivity contribution in [1.82, 2.24) is 9.78 Å². The molecule has 2 N–H and O–H groups in total. The molecule has 23 heavy (non-hydrogen) atoms. The van der Waals surface area contributed by atoms with E-state index >= 15 is 0 Å². The van der Waals surface area contributed by atoms with Crippen molar-refractivity contribution in [2.75, 3.05) is 11.9 Å². The molecule has 0 aliphatic heterocycles. The Kier molecular flexibility index (Phi) is 6.75. The van der Waals surface area contributed by atoms with Gasteiger partial charge in [0.05, 0.1) is 31.0 Å². The van der Waals surface area contributed by atoms with Gasteiger partial charge in [0.15, 0.2) is 5.54 Å². The lowest BCUT2D eigenvalue weighted by molar-refractivity contribution is -0.146. The van der Waals surface area contributed by atoms with Gasteiger partial charge in [-0.3, -0.25) is 9.48 Å². The third kappa shape index (κ3) is 6.02. The van der Waals surface area contributed by atoms with Gasteiger partial charge in [-0.25, -0.2) is 4.79 Å². The molecule has 0 spiro atoms. The zero-order valence-corrected chi connectivity index (χ0v) is 14.5. The maximum absolute atomic E-state index is 11.9. The third-order valence-corrected chi connectivity index (χ3v) is 3.50. The smallest absolute Gasteiger partial charge is 0.331 e. The first-order chi connectivity index (χ1) is 10.6. The highest BCUT2D eigenvalue weighted by Crippen LogP contribution is 2.17. The van der Waals surface area contributed by atoms with E-state index in [2.05, 4.69) is 24.3 Å². The van der Waals surface area contributed by atoms with E-state index in [-0.39, 0.29) is 18.4 Å². The van der Waals surface area contributed by atoms with Crippen LogP contribution < -0.4 is 5.32 Å². The van der Waals surface area contributed by atoms with E-state index in [1.165, 1.54) is 30.9 Å². The molecular weight excluding hydrogens is 298 g/mol. The Morgan fingerprint density at radius 2 is 2.04 bits per heavy atom. The van der Waals surface area contributed by atoms with Gasteiger partial charge < -0.3 is 15.2 Å². The minimum atomic E-state index is -1.17. The third-order valence-electron chi connectivity index (χ3n) is 3.50. The van der Waals surface area contributed by atoms with Gasteiger partial charge in [-0.2, -0.15) is 5.10 Å². The van der Waals surface area contributed by atoms with Crippen LogP contribution in [0.5, 0.6) is 0 Å². The number of aromatic nitrogens is 2. The van der Waals surface area contributed by atoms with E-state index in [0.717, 1.165) is 6.42 Å². The first kappa shape index (κ1) is 19.2. The Balaban J connectivity index is 2.44. The van der Waals surface area contributed by atoms with Gasteiger partial charge in [-0.15, -0.1) is 0 Å². The molecule has 0 fully saturated rings. The van der Waals surface area contributed by atoms with Crippen LogP contribution in [0, 0.1) is 5.92 Å². The molecule has 0 aliphatic carbocycles. The van der Waals surface area contributed by atoms with E-state index in [1.54, 1.807) is 0 Å². The lowest BCUT2D eigenvalue weighted by Gasteiger charge is -2.19. The standard InChI is InChI=1S/C16H27N3O4/c1-11(2)8-12(3)23-7-6-14(20)18-13-9-17-19(10-13)16(4,5)15(21)22/h9-12H,6-8H2,1-5H3,(H,18,20)(H,21,22). The van der Waals surface area contributed by atoms with Crippen molar-refractivity contribution in [2.45, 2.75) is 59.1 Å². The summed E-state index contributed by atoms with van der Waals surface area (Å²) in [6, 6.07) is 0. The first-order valence-electron chi connectivity index (χ1n) is 7.83. The molecule has 1 unspecified atom stereocenters. The number of hydrogen-bond acceptors (Lipinski definition) is 4. The van der Waals surface area contributed by atoms with Gasteiger partial charge in [0.25, 0.3) is 0 Å². The second-order valence-electron chi connectivity index (χ2n) is 6.65. The van der Waals surface area contributed by atoms with Crippen LogP contribution in [-0.2, 0) is 19.9 Å². The normalized spacial score (nSPS) is 13.1. The van der Waals surface area contributed by atoms with Crippen LogP contribution in [0.4, 0.5) is 5.69 Å². The number of anilines is 1. The Hall–Kier alpha value is -1.89. The van der Waals surface area contributed by atoms with Gasteiger partial charge >= 0.3 is 5.97 Å². The summed E-state index contributed by atoms with van der Waals surface area (Å²) in [4.78, 5) is 23.0. The molecule has 0 aliphatic rings. The van der Waals surface area contributed by atoms with Crippen molar-refractivity contribution in [3.63, 3.8) is 0 Å². The fraction of sp³-hybridized carbons (Fsp3) is 0.688. The number of carbonyl (C=O) groups excluding carboxylic acids is 1. The molecule has 130 valence electrons. The summed E-state index contributed by atoms with van der Waals surface area (Å²) in [5.41, 5.74) is -0.696. The summed E-state index contributed by atoms with van der Waals surface area (Å²) in [5.74, 6) is -0.623. The fourth-order valence-corrected chi connectivity index (χ4v) is 2.10. The topological polar surface area (TPSA) is 93.5 Å². The second-order valence-corrected chi connectivity index (χ2v) is 6.65. The van der Waals surface area contributed by atoms with Crippen molar-refractivity contribution < 1.29 is 19.4 Å². The molecule has 1 atom stereocenters. The van der Waals surface area contributed by atoms with E-state index < -0.39 is 11.5 Å². The molecule has 0 radical (unpaired) electrons. The molecule has 7 heteroatoms. The number of ether oxygens (including phenoxy) is 1. The largest absolute Gasteiger partial charge is 0.479 e. The maximum atomic E-state index is 11.9. The number of amides is 1. The Morgan fingerprint density at radius 1 is 1.39 bits per heavy atom. The second kappa shape index (κ2) is 8.10. The van der Waals surface area contributed by atoms with Crippen LogP contribution in [0.3, 0.4) is 0 Å². The van der Waals surface area contributed by atoms with Crippen molar-refractivity contribution in [1.29, 1.82) is 0 Å². The van der Waals surface area contributed by atoms with Crippen LogP contribution in [0.1, 0.15) is 47.5 Å². The van der Waals surface area contributed by atoms with Crippen molar-refractivity contribution in [3.8, 4) is 0 Å². The number of carbonyl (C=O) groups is 2. The lowest BCUT2D eigenvalue weighted by atomic mass is 10.1. The Morgan fingerprint density at radius 3 is 2.61 bits per heavy atom. The number of rotatable bonds is 9. The van der Waals surface area contributed by atoms with Crippen LogP contribution in [-0.4, -0.2) is 39.5 Å². The number of aliphatic carboxylic acids is 1. The van der Waals surface area contributed by atoms with Crippen LogP contribution in [0.15, 0.2) is 12.4 Å². The first-order valence-corrected chi connectivity index (χ1v) is 7.83. The molecule has 0 saturated carbocycles. The summed E-state index contributed by atoms with van der Waals surface area (Å²) in [7, 11) is 0. The monoisotopic (exact) mass is 325 g/mol. The molecule has 1 aromatic heterocycles. The summed E-state index contributed by atoms with van der Waals surface area (Å²) in [5, 5.41) is 15.8. The molecule has 1 amide bonds. The number of carboxylic acids is 1. The summed E-state index contributed by atoms with van der Waals surface area (Å²) >= 11 is 0.